The van der Waals surface area contributed by atoms with Gasteiger partial charge in [-0.15, -0.1) is 0 Å². The molecule has 1 amide bonds. The third-order valence-electron chi connectivity index (χ3n) is 5.69. The van der Waals surface area contributed by atoms with Gasteiger partial charge in [0, 0.05) is 56.1 Å². The van der Waals surface area contributed by atoms with Crippen LogP contribution in [-0.2, 0) is 6.54 Å². The summed E-state index contributed by atoms with van der Waals surface area (Å²) in [4.78, 5) is 15.2. The van der Waals surface area contributed by atoms with E-state index >= 15 is 0 Å². The van der Waals surface area contributed by atoms with Gasteiger partial charge in [-0.1, -0.05) is 29.8 Å². The number of halogens is 1. The Hall–Kier alpha value is -2.05. The summed E-state index contributed by atoms with van der Waals surface area (Å²) >= 11 is 6.44. The highest BCUT2D eigenvalue weighted by atomic mass is 35.5. The van der Waals surface area contributed by atoms with E-state index in [9.17, 15) is 9.90 Å². The van der Waals surface area contributed by atoms with Crippen LogP contribution in [0.5, 0.6) is 0 Å². The quantitative estimate of drug-likeness (QED) is 0.864. The average molecular weight is 389 g/mol. The summed E-state index contributed by atoms with van der Waals surface area (Å²) in [7, 11) is 0. The Morgan fingerprint density at radius 1 is 1.22 bits per heavy atom. The monoisotopic (exact) mass is 388 g/mol. The molecule has 2 aliphatic heterocycles. The number of nitrogens with zero attached hydrogens (tertiary/aromatic N) is 4. The second-order valence-electron chi connectivity index (χ2n) is 7.96. The first kappa shape index (κ1) is 18.3. The van der Waals surface area contributed by atoms with Crippen LogP contribution in [0.3, 0.4) is 0 Å². The van der Waals surface area contributed by atoms with Gasteiger partial charge >= 0.3 is 6.09 Å². The molecule has 6 nitrogen and oxygen atoms in total. The summed E-state index contributed by atoms with van der Waals surface area (Å²) in [5, 5.41) is 14.7. The number of fused-ring (bicyclic) bond motifs is 1. The highest BCUT2D eigenvalue weighted by molar-refractivity contribution is 6.33. The van der Waals surface area contributed by atoms with Crippen LogP contribution in [0.25, 0.3) is 11.3 Å². The van der Waals surface area contributed by atoms with Crippen molar-refractivity contribution < 1.29 is 9.90 Å². The van der Waals surface area contributed by atoms with Gasteiger partial charge in [-0.25, -0.2) is 4.79 Å². The first-order valence-electron chi connectivity index (χ1n) is 9.45. The topological polar surface area (TPSA) is 61.6 Å². The molecule has 144 valence electrons. The van der Waals surface area contributed by atoms with Crippen LogP contribution in [-0.4, -0.2) is 57.0 Å². The number of aromatic nitrogens is 2. The molecule has 0 aliphatic carbocycles. The van der Waals surface area contributed by atoms with Crippen LogP contribution in [0, 0.1) is 11.8 Å². The Bertz CT molecular complexity index is 836. The molecular weight excluding hydrogens is 364 g/mol. The van der Waals surface area contributed by atoms with Crippen molar-refractivity contribution in [2.45, 2.75) is 26.4 Å². The van der Waals surface area contributed by atoms with Gasteiger partial charge in [0.25, 0.3) is 0 Å². The van der Waals surface area contributed by atoms with Gasteiger partial charge in [0.2, 0.25) is 0 Å². The normalized spacial score (nSPS) is 22.6. The number of benzene rings is 1. The molecule has 1 aromatic carbocycles. The van der Waals surface area contributed by atoms with Crippen molar-refractivity contribution >= 4 is 17.7 Å². The highest BCUT2D eigenvalue weighted by Gasteiger charge is 2.41. The summed E-state index contributed by atoms with van der Waals surface area (Å²) in [5.41, 5.74) is 3.08. The van der Waals surface area contributed by atoms with Crippen LogP contribution in [0.4, 0.5) is 4.79 Å². The second-order valence-corrected chi connectivity index (χ2v) is 8.37. The summed E-state index contributed by atoms with van der Waals surface area (Å²) in [6.45, 7) is 8.22. The largest absolute Gasteiger partial charge is 0.465 e. The molecule has 1 N–H and O–H groups in total. The summed E-state index contributed by atoms with van der Waals surface area (Å²) in [6, 6.07) is 8.11. The molecule has 2 fully saturated rings. The van der Waals surface area contributed by atoms with Gasteiger partial charge in [-0.05, 0) is 31.7 Å². The van der Waals surface area contributed by atoms with E-state index in [0.29, 0.717) is 29.9 Å². The molecule has 3 heterocycles. The maximum Gasteiger partial charge on any atom is 0.407 e. The minimum Gasteiger partial charge on any atom is -0.465 e. The average Bonchev–Trinajstić information content (AvgIpc) is 3.28. The maximum atomic E-state index is 11.2. The van der Waals surface area contributed by atoms with Crippen molar-refractivity contribution in [3.8, 4) is 11.3 Å². The molecule has 27 heavy (non-hydrogen) atoms. The number of hydrogen-bond acceptors (Lipinski definition) is 3. The number of hydrogen-bond donors (Lipinski definition) is 1. The van der Waals surface area contributed by atoms with E-state index in [0.717, 1.165) is 30.9 Å². The Morgan fingerprint density at radius 2 is 1.89 bits per heavy atom. The number of likely N-dealkylation sites (tertiary alicyclic amines) is 2. The lowest BCUT2D eigenvalue weighted by molar-refractivity contribution is 0.148. The van der Waals surface area contributed by atoms with Crippen LogP contribution >= 0.6 is 11.6 Å². The predicted molar refractivity (Wildman–Crippen MR) is 105 cm³/mol. The van der Waals surface area contributed by atoms with Crippen LogP contribution < -0.4 is 0 Å². The first-order valence-corrected chi connectivity index (χ1v) is 9.83. The van der Waals surface area contributed by atoms with Gasteiger partial charge in [-0.2, -0.15) is 5.10 Å². The zero-order valence-electron chi connectivity index (χ0n) is 15.7. The number of carboxylic acid groups (broad SMARTS) is 1. The van der Waals surface area contributed by atoms with Gasteiger partial charge in [0.1, 0.15) is 0 Å². The smallest absolute Gasteiger partial charge is 0.407 e. The van der Waals surface area contributed by atoms with E-state index in [1.54, 1.807) is 4.90 Å². The number of rotatable bonds is 4. The standard InChI is InChI=1S/C20H25ClN4O2/c1-13(2)25-12-16(19(22-25)17-5-3-4-6-18(17)21)9-23-7-14-10-24(20(26)27)11-15(14)8-23/h3-6,12-15H,7-11H2,1-2H3,(H,26,27). The zero-order chi connectivity index (χ0) is 19.1. The van der Waals surface area contributed by atoms with E-state index in [-0.39, 0.29) is 6.04 Å². The Morgan fingerprint density at radius 3 is 2.48 bits per heavy atom. The van der Waals surface area contributed by atoms with E-state index < -0.39 is 6.09 Å². The molecule has 4 rings (SSSR count). The first-order chi connectivity index (χ1) is 12.9. The van der Waals surface area contributed by atoms with Crippen molar-refractivity contribution in [3.63, 3.8) is 0 Å². The fraction of sp³-hybridized carbons (Fsp3) is 0.500. The molecule has 0 bridgehead atoms. The lowest BCUT2D eigenvalue weighted by Gasteiger charge is -2.19. The molecule has 0 spiro atoms. The summed E-state index contributed by atoms with van der Waals surface area (Å²) in [5.74, 6) is 0.870. The molecule has 2 atom stereocenters. The van der Waals surface area contributed by atoms with Gasteiger partial charge in [-0.3, -0.25) is 9.58 Å². The highest BCUT2D eigenvalue weighted by Crippen LogP contribution is 2.35. The number of amides is 1. The minimum absolute atomic E-state index is 0.280. The number of carbonyl (C=O) groups is 1. The lowest BCUT2D eigenvalue weighted by Crippen LogP contribution is -2.32. The van der Waals surface area contributed by atoms with Crippen molar-refractivity contribution in [3.05, 3.63) is 41.0 Å². The molecule has 1 aromatic heterocycles. The second kappa shape index (κ2) is 7.17. The third-order valence-corrected chi connectivity index (χ3v) is 6.02. The van der Waals surface area contributed by atoms with Crippen molar-refractivity contribution in [1.29, 1.82) is 0 Å². The summed E-state index contributed by atoms with van der Waals surface area (Å²) < 4.78 is 2.00. The van der Waals surface area contributed by atoms with Gasteiger partial charge < -0.3 is 10.0 Å². The molecular formula is C20H25ClN4O2. The van der Waals surface area contributed by atoms with Gasteiger partial charge in [0.05, 0.1) is 10.7 Å². The van der Waals surface area contributed by atoms with Crippen molar-refractivity contribution in [2.75, 3.05) is 26.2 Å². The molecule has 0 saturated carbocycles. The maximum absolute atomic E-state index is 11.2. The van der Waals surface area contributed by atoms with Crippen LogP contribution in [0.15, 0.2) is 30.5 Å². The van der Waals surface area contributed by atoms with E-state index in [1.807, 2.05) is 28.9 Å². The van der Waals surface area contributed by atoms with E-state index in [1.165, 1.54) is 5.56 Å². The molecule has 2 aromatic rings. The third kappa shape index (κ3) is 3.56. The molecule has 2 unspecified atom stereocenters. The molecule has 0 radical (unpaired) electrons. The fourth-order valence-electron chi connectivity index (χ4n) is 4.31. The molecule has 7 heteroatoms. The minimum atomic E-state index is -0.796. The predicted octanol–water partition coefficient (Wildman–Crippen LogP) is 3.83. The zero-order valence-corrected chi connectivity index (χ0v) is 16.4. The van der Waals surface area contributed by atoms with Crippen LogP contribution in [0.1, 0.15) is 25.5 Å². The Balaban J connectivity index is 1.55. The Kier molecular flexibility index (Phi) is 4.86. The van der Waals surface area contributed by atoms with Crippen molar-refractivity contribution in [2.24, 2.45) is 11.8 Å². The Labute approximate surface area is 164 Å². The van der Waals surface area contributed by atoms with Crippen LogP contribution in [0.2, 0.25) is 5.02 Å². The summed E-state index contributed by atoms with van der Waals surface area (Å²) in [6.07, 6.45) is 1.33. The molecule has 2 saturated heterocycles. The van der Waals surface area contributed by atoms with E-state index in [2.05, 4.69) is 24.9 Å². The lowest BCUT2D eigenvalue weighted by atomic mass is 10.0. The SMILES string of the molecule is CC(C)n1cc(CN2CC3CN(C(=O)O)CC3C2)c(-c2ccccc2Cl)n1. The van der Waals surface area contributed by atoms with Crippen molar-refractivity contribution in [1.82, 2.24) is 19.6 Å². The molecule has 2 aliphatic rings. The van der Waals surface area contributed by atoms with Gasteiger partial charge in [0.15, 0.2) is 0 Å². The van der Waals surface area contributed by atoms with E-state index in [4.69, 9.17) is 16.7 Å². The fourth-order valence-corrected chi connectivity index (χ4v) is 4.53.